The Morgan fingerprint density at radius 3 is 2.40 bits per heavy atom. The summed E-state index contributed by atoms with van der Waals surface area (Å²) >= 11 is 0. The van der Waals surface area contributed by atoms with E-state index in [1.54, 1.807) is 0 Å². The monoisotopic (exact) mass is 260 g/mol. The van der Waals surface area contributed by atoms with Gasteiger partial charge in [0.15, 0.2) is 0 Å². The second-order valence-corrected chi connectivity index (χ2v) is 5.81. The molecule has 0 spiro atoms. The molecule has 0 aromatic rings. The first-order chi connectivity index (χ1) is 7.03. The fraction of sp³-hybridized carbons (Fsp3) is 1.00. The number of aliphatic hydroxyl groups is 2. The standard InChI is InChI=1S/C6H14O7P2/c1-11-5(3-7)4-13-15(10,12-2)6(8)14-9/h5-8H,3-4H2,1-2H3/t5-,6?,15?/m1/s1. The molecule has 0 bridgehead atoms. The van der Waals surface area contributed by atoms with Gasteiger partial charge in [0, 0.05) is 14.2 Å². The first-order valence-electron chi connectivity index (χ1n) is 3.98. The van der Waals surface area contributed by atoms with Crippen LogP contribution in [0.25, 0.3) is 0 Å². The third-order valence-corrected chi connectivity index (χ3v) is 4.51. The normalized spacial score (nSPS) is 19.7. The predicted molar refractivity (Wildman–Crippen MR) is 52.1 cm³/mol. The van der Waals surface area contributed by atoms with Gasteiger partial charge in [-0.2, -0.15) is 0 Å². The summed E-state index contributed by atoms with van der Waals surface area (Å²) < 4.78 is 35.9. The molecule has 0 aromatic carbocycles. The van der Waals surface area contributed by atoms with E-state index < -0.39 is 27.7 Å². The van der Waals surface area contributed by atoms with E-state index in [0.717, 1.165) is 7.11 Å². The number of methoxy groups -OCH3 is 1. The van der Waals surface area contributed by atoms with Gasteiger partial charge in [-0.3, -0.25) is 9.13 Å². The van der Waals surface area contributed by atoms with Gasteiger partial charge in [-0.05, 0) is 0 Å². The third kappa shape index (κ3) is 4.66. The maximum Gasteiger partial charge on any atom is 0.370 e. The molecule has 0 amide bonds. The van der Waals surface area contributed by atoms with Gasteiger partial charge in [-0.25, -0.2) is 0 Å². The van der Waals surface area contributed by atoms with Gasteiger partial charge in [0.05, 0.1) is 13.2 Å². The van der Waals surface area contributed by atoms with E-state index in [0.29, 0.717) is 0 Å². The van der Waals surface area contributed by atoms with Crippen molar-refractivity contribution in [3.05, 3.63) is 0 Å². The SMILES string of the molecule is CO[C@H](CO)COP(=O)(OC)C(O)P=O. The van der Waals surface area contributed by atoms with E-state index in [-0.39, 0.29) is 13.2 Å². The molecule has 0 aliphatic heterocycles. The number of hydrogen-bond donors (Lipinski definition) is 2. The van der Waals surface area contributed by atoms with Gasteiger partial charge in [0.2, 0.25) is 14.0 Å². The van der Waals surface area contributed by atoms with Crippen molar-refractivity contribution in [1.29, 1.82) is 0 Å². The lowest BCUT2D eigenvalue weighted by atomic mass is 10.4. The molecule has 15 heavy (non-hydrogen) atoms. The molecule has 0 fully saturated rings. The largest absolute Gasteiger partial charge is 0.394 e. The van der Waals surface area contributed by atoms with Crippen LogP contribution in [0, 0.1) is 0 Å². The van der Waals surface area contributed by atoms with Crippen molar-refractivity contribution in [3.63, 3.8) is 0 Å². The molecule has 0 saturated carbocycles. The van der Waals surface area contributed by atoms with Crippen LogP contribution in [-0.4, -0.2) is 49.3 Å². The molecular weight excluding hydrogens is 246 g/mol. The smallest absolute Gasteiger partial charge is 0.370 e. The Labute approximate surface area is 89.1 Å². The predicted octanol–water partition coefficient (Wildman–Crippen LogP) is 0.417. The third-order valence-electron chi connectivity index (χ3n) is 1.61. The molecule has 7 nitrogen and oxygen atoms in total. The minimum atomic E-state index is -3.83. The van der Waals surface area contributed by atoms with Crippen LogP contribution in [0.1, 0.15) is 0 Å². The lowest BCUT2D eigenvalue weighted by Crippen LogP contribution is -2.22. The average Bonchev–Trinajstić information content (AvgIpc) is 2.28. The highest BCUT2D eigenvalue weighted by Crippen LogP contribution is 2.54. The zero-order valence-electron chi connectivity index (χ0n) is 8.40. The molecule has 2 unspecified atom stereocenters. The van der Waals surface area contributed by atoms with Crippen LogP contribution in [0.2, 0.25) is 0 Å². The Morgan fingerprint density at radius 2 is 2.07 bits per heavy atom. The minimum Gasteiger partial charge on any atom is -0.394 e. The first-order valence-corrected chi connectivity index (χ1v) is 6.47. The number of aliphatic hydroxyl groups excluding tert-OH is 2. The van der Waals surface area contributed by atoms with Crippen LogP contribution in [-0.2, 0) is 22.9 Å². The zero-order valence-corrected chi connectivity index (χ0v) is 10.2. The fourth-order valence-corrected chi connectivity index (χ4v) is 2.40. The molecule has 0 saturated heterocycles. The molecule has 2 N–H and O–H groups in total. The Balaban J connectivity index is 4.32. The number of hydrogen-bond acceptors (Lipinski definition) is 7. The summed E-state index contributed by atoms with van der Waals surface area (Å²) in [4.78, 5) is 0. The van der Waals surface area contributed by atoms with Crippen LogP contribution >= 0.6 is 16.1 Å². The van der Waals surface area contributed by atoms with Crippen molar-refractivity contribution in [1.82, 2.24) is 0 Å². The maximum absolute atomic E-state index is 11.6. The zero-order chi connectivity index (χ0) is 11.9. The maximum atomic E-state index is 11.6. The van der Waals surface area contributed by atoms with Gasteiger partial charge in [0.25, 0.3) is 0 Å². The van der Waals surface area contributed by atoms with Crippen molar-refractivity contribution < 1.29 is 33.1 Å². The molecule has 0 heterocycles. The van der Waals surface area contributed by atoms with Crippen LogP contribution in [0.5, 0.6) is 0 Å². The molecule has 3 atom stereocenters. The fourth-order valence-electron chi connectivity index (χ4n) is 0.654. The van der Waals surface area contributed by atoms with Crippen molar-refractivity contribution in [2.75, 3.05) is 27.4 Å². The van der Waals surface area contributed by atoms with Gasteiger partial charge in [-0.1, -0.05) is 0 Å². The first kappa shape index (κ1) is 15.1. The summed E-state index contributed by atoms with van der Waals surface area (Å²) in [5, 5.41) is 17.8. The van der Waals surface area contributed by atoms with Crippen LogP contribution in [0.4, 0.5) is 0 Å². The van der Waals surface area contributed by atoms with Gasteiger partial charge < -0.3 is 24.0 Å². The summed E-state index contributed by atoms with van der Waals surface area (Å²) in [5.41, 5.74) is -1.74. The molecule has 0 aliphatic rings. The Morgan fingerprint density at radius 1 is 1.47 bits per heavy atom. The second-order valence-electron chi connectivity index (χ2n) is 2.51. The molecule has 0 radical (unpaired) electrons. The number of ether oxygens (including phenoxy) is 1. The summed E-state index contributed by atoms with van der Waals surface area (Å²) in [6.45, 7) is -0.559. The van der Waals surface area contributed by atoms with E-state index in [2.05, 4.69) is 4.52 Å². The molecule has 90 valence electrons. The Hall–Kier alpha value is 0.130. The van der Waals surface area contributed by atoms with E-state index in [1.165, 1.54) is 7.11 Å². The summed E-state index contributed by atoms with van der Waals surface area (Å²) in [6.07, 6.45) is -0.677. The van der Waals surface area contributed by atoms with Crippen LogP contribution in [0.15, 0.2) is 0 Å². The molecule has 0 aliphatic carbocycles. The summed E-state index contributed by atoms with van der Waals surface area (Å²) in [5.74, 6) is 0. The van der Waals surface area contributed by atoms with Crippen LogP contribution in [0.3, 0.4) is 0 Å². The highest BCUT2D eigenvalue weighted by molar-refractivity contribution is 7.63. The van der Waals surface area contributed by atoms with Gasteiger partial charge >= 0.3 is 7.60 Å². The van der Waals surface area contributed by atoms with E-state index in [1.807, 2.05) is 0 Å². The minimum absolute atomic E-state index is 0.231. The van der Waals surface area contributed by atoms with Crippen LogP contribution < -0.4 is 0 Å². The summed E-state index contributed by atoms with van der Waals surface area (Å²) in [6, 6.07) is 0. The molecular formula is C6H14O7P2. The molecule has 0 rings (SSSR count). The van der Waals surface area contributed by atoms with E-state index in [4.69, 9.17) is 19.5 Å². The van der Waals surface area contributed by atoms with Gasteiger partial charge in [0.1, 0.15) is 6.10 Å². The van der Waals surface area contributed by atoms with Crippen molar-refractivity contribution in [2.45, 2.75) is 11.7 Å². The topological polar surface area (TPSA) is 102 Å². The number of rotatable bonds is 8. The van der Waals surface area contributed by atoms with Crippen molar-refractivity contribution >= 4 is 16.1 Å². The molecule has 9 heteroatoms. The lowest BCUT2D eigenvalue weighted by Gasteiger charge is -2.19. The second kappa shape index (κ2) is 7.41. The summed E-state index contributed by atoms with van der Waals surface area (Å²) in [7, 11) is -2.18. The lowest BCUT2D eigenvalue weighted by molar-refractivity contribution is 0.0108. The Bertz CT molecular complexity index is 230. The quantitative estimate of drug-likeness (QED) is 0.609. The van der Waals surface area contributed by atoms with E-state index in [9.17, 15) is 9.13 Å². The van der Waals surface area contributed by atoms with Crippen molar-refractivity contribution in [2.24, 2.45) is 0 Å². The molecule has 0 aromatic heterocycles. The van der Waals surface area contributed by atoms with E-state index >= 15 is 0 Å². The van der Waals surface area contributed by atoms with Gasteiger partial charge in [-0.15, -0.1) is 0 Å². The van der Waals surface area contributed by atoms with Crippen molar-refractivity contribution in [3.8, 4) is 0 Å². The highest BCUT2D eigenvalue weighted by Gasteiger charge is 2.35. The highest BCUT2D eigenvalue weighted by atomic mass is 31.2. The average molecular weight is 260 g/mol. The Kier molecular flexibility index (Phi) is 7.48.